The minimum atomic E-state index is 0.466. The van der Waals surface area contributed by atoms with E-state index in [1.54, 1.807) is 0 Å². The lowest BCUT2D eigenvalue weighted by atomic mass is 9.89. The van der Waals surface area contributed by atoms with Crippen molar-refractivity contribution in [1.82, 2.24) is 20.0 Å². The standard InChI is InChI=1S/C14H26N4/c1-11-9-17(4)13(3)8-14(11)16-12(2)10-18-7-5-6-15-18/h5-7,11-14,16H,8-10H2,1-4H3. The van der Waals surface area contributed by atoms with Gasteiger partial charge in [0.2, 0.25) is 0 Å². The van der Waals surface area contributed by atoms with E-state index in [1.165, 1.54) is 13.0 Å². The van der Waals surface area contributed by atoms with Crippen molar-refractivity contribution in [2.45, 2.75) is 51.9 Å². The first kappa shape index (κ1) is 13.6. The number of rotatable bonds is 4. The third-order valence-corrected chi connectivity index (χ3v) is 4.13. The van der Waals surface area contributed by atoms with E-state index < -0.39 is 0 Å². The molecule has 1 N–H and O–H groups in total. The molecule has 1 fully saturated rings. The third kappa shape index (κ3) is 3.33. The van der Waals surface area contributed by atoms with Crippen LogP contribution in [0.4, 0.5) is 0 Å². The Morgan fingerprint density at radius 1 is 1.44 bits per heavy atom. The fraction of sp³-hybridized carbons (Fsp3) is 0.786. The maximum Gasteiger partial charge on any atom is 0.0560 e. The molecule has 1 aromatic heterocycles. The van der Waals surface area contributed by atoms with Crippen molar-refractivity contribution < 1.29 is 0 Å². The lowest BCUT2D eigenvalue weighted by Crippen LogP contribution is -2.53. The summed E-state index contributed by atoms with van der Waals surface area (Å²) in [7, 11) is 2.23. The quantitative estimate of drug-likeness (QED) is 0.881. The zero-order valence-electron chi connectivity index (χ0n) is 12.0. The highest BCUT2D eigenvalue weighted by Gasteiger charge is 2.29. The maximum absolute atomic E-state index is 4.26. The van der Waals surface area contributed by atoms with Gasteiger partial charge in [-0.15, -0.1) is 0 Å². The highest BCUT2D eigenvalue weighted by molar-refractivity contribution is 4.88. The number of nitrogens with zero attached hydrogens (tertiary/aromatic N) is 3. The summed E-state index contributed by atoms with van der Waals surface area (Å²) >= 11 is 0. The van der Waals surface area contributed by atoms with Gasteiger partial charge in [0, 0.05) is 37.1 Å². The predicted octanol–water partition coefficient (Wildman–Crippen LogP) is 1.59. The van der Waals surface area contributed by atoms with E-state index in [4.69, 9.17) is 0 Å². The predicted molar refractivity (Wildman–Crippen MR) is 74.5 cm³/mol. The Labute approximate surface area is 110 Å². The Morgan fingerprint density at radius 2 is 2.22 bits per heavy atom. The van der Waals surface area contributed by atoms with Crippen LogP contribution in [-0.4, -0.2) is 46.4 Å². The molecule has 0 saturated carbocycles. The number of hydrogen-bond donors (Lipinski definition) is 1. The number of aromatic nitrogens is 2. The van der Waals surface area contributed by atoms with Crippen molar-refractivity contribution in [3.63, 3.8) is 0 Å². The Balaban J connectivity index is 1.84. The van der Waals surface area contributed by atoms with Gasteiger partial charge >= 0.3 is 0 Å². The van der Waals surface area contributed by atoms with E-state index in [-0.39, 0.29) is 0 Å². The van der Waals surface area contributed by atoms with E-state index in [2.05, 4.69) is 43.1 Å². The Morgan fingerprint density at radius 3 is 2.89 bits per heavy atom. The lowest BCUT2D eigenvalue weighted by molar-refractivity contribution is 0.115. The summed E-state index contributed by atoms with van der Waals surface area (Å²) in [6.45, 7) is 9.05. The first-order valence-electron chi connectivity index (χ1n) is 7.00. The number of hydrogen-bond acceptors (Lipinski definition) is 3. The molecular formula is C14H26N4. The van der Waals surface area contributed by atoms with Gasteiger partial charge in [0.15, 0.2) is 0 Å². The maximum atomic E-state index is 4.26. The summed E-state index contributed by atoms with van der Waals surface area (Å²) in [4.78, 5) is 2.46. The van der Waals surface area contributed by atoms with Gasteiger partial charge in [0.25, 0.3) is 0 Å². The van der Waals surface area contributed by atoms with Gasteiger partial charge in [-0.25, -0.2) is 0 Å². The number of piperidine rings is 1. The van der Waals surface area contributed by atoms with Crippen LogP contribution in [0, 0.1) is 5.92 Å². The largest absolute Gasteiger partial charge is 0.309 e. The summed E-state index contributed by atoms with van der Waals surface area (Å²) in [6, 6.07) is 3.75. The van der Waals surface area contributed by atoms with E-state index in [9.17, 15) is 0 Å². The molecule has 0 aliphatic carbocycles. The van der Waals surface area contributed by atoms with Crippen LogP contribution < -0.4 is 5.32 Å². The van der Waals surface area contributed by atoms with Gasteiger partial charge in [-0.1, -0.05) is 6.92 Å². The molecular weight excluding hydrogens is 224 g/mol. The molecule has 18 heavy (non-hydrogen) atoms. The fourth-order valence-electron chi connectivity index (χ4n) is 2.88. The molecule has 4 unspecified atom stereocenters. The molecule has 1 aliphatic rings. The number of likely N-dealkylation sites (tertiary alicyclic amines) is 1. The van der Waals surface area contributed by atoms with Crippen LogP contribution in [0.3, 0.4) is 0 Å². The molecule has 0 radical (unpaired) electrons. The average molecular weight is 250 g/mol. The molecule has 2 heterocycles. The molecule has 0 spiro atoms. The van der Waals surface area contributed by atoms with Crippen LogP contribution >= 0.6 is 0 Å². The van der Waals surface area contributed by atoms with E-state index in [1.807, 2.05) is 23.1 Å². The Kier molecular flexibility index (Phi) is 4.40. The molecule has 0 amide bonds. The summed E-state index contributed by atoms with van der Waals surface area (Å²) in [5.74, 6) is 0.714. The second-order valence-corrected chi connectivity index (χ2v) is 5.90. The normalized spacial score (nSPS) is 31.4. The summed E-state index contributed by atoms with van der Waals surface area (Å²) in [6.07, 6.45) is 5.10. The van der Waals surface area contributed by atoms with Crippen molar-refractivity contribution in [1.29, 1.82) is 0 Å². The fourth-order valence-corrected chi connectivity index (χ4v) is 2.88. The smallest absolute Gasteiger partial charge is 0.0560 e. The summed E-state index contributed by atoms with van der Waals surface area (Å²) in [5, 5.41) is 8.03. The molecule has 1 aromatic rings. The van der Waals surface area contributed by atoms with Gasteiger partial charge < -0.3 is 10.2 Å². The molecule has 4 atom stereocenters. The van der Waals surface area contributed by atoms with Crippen LogP contribution in [-0.2, 0) is 6.54 Å². The van der Waals surface area contributed by atoms with Crippen molar-refractivity contribution in [3.05, 3.63) is 18.5 Å². The average Bonchev–Trinajstić information content (AvgIpc) is 2.78. The first-order valence-corrected chi connectivity index (χ1v) is 7.00. The van der Waals surface area contributed by atoms with Crippen LogP contribution in [0.15, 0.2) is 18.5 Å². The van der Waals surface area contributed by atoms with Crippen molar-refractivity contribution in [2.24, 2.45) is 5.92 Å². The second kappa shape index (κ2) is 5.85. The minimum absolute atomic E-state index is 0.466. The lowest BCUT2D eigenvalue weighted by Gasteiger charge is -2.41. The van der Waals surface area contributed by atoms with E-state index >= 15 is 0 Å². The zero-order chi connectivity index (χ0) is 13.1. The third-order valence-electron chi connectivity index (χ3n) is 4.13. The topological polar surface area (TPSA) is 33.1 Å². The van der Waals surface area contributed by atoms with Crippen LogP contribution in [0.1, 0.15) is 27.2 Å². The van der Waals surface area contributed by atoms with Gasteiger partial charge in [-0.05, 0) is 39.3 Å². The Hall–Kier alpha value is -0.870. The van der Waals surface area contributed by atoms with Crippen LogP contribution in [0.2, 0.25) is 0 Å². The van der Waals surface area contributed by atoms with Crippen molar-refractivity contribution in [3.8, 4) is 0 Å². The molecule has 0 aromatic carbocycles. The molecule has 2 rings (SSSR count). The van der Waals surface area contributed by atoms with Crippen LogP contribution in [0.5, 0.6) is 0 Å². The molecule has 0 bridgehead atoms. The molecule has 4 heteroatoms. The van der Waals surface area contributed by atoms with Gasteiger partial charge in [-0.3, -0.25) is 4.68 Å². The summed E-state index contributed by atoms with van der Waals surface area (Å²) in [5.41, 5.74) is 0. The summed E-state index contributed by atoms with van der Waals surface area (Å²) < 4.78 is 2.00. The number of nitrogens with one attached hydrogen (secondary N) is 1. The van der Waals surface area contributed by atoms with Gasteiger partial charge in [0.1, 0.15) is 0 Å². The van der Waals surface area contributed by atoms with E-state index in [0.29, 0.717) is 24.0 Å². The molecule has 1 aliphatic heterocycles. The second-order valence-electron chi connectivity index (χ2n) is 5.90. The van der Waals surface area contributed by atoms with Crippen molar-refractivity contribution in [2.75, 3.05) is 13.6 Å². The van der Waals surface area contributed by atoms with Gasteiger partial charge in [-0.2, -0.15) is 5.10 Å². The molecule has 4 nitrogen and oxygen atoms in total. The highest BCUT2D eigenvalue weighted by atomic mass is 15.3. The SMILES string of the molecule is CC(Cn1cccn1)NC1CC(C)N(C)CC1C. The van der Waals surface area contributed by atoms with Crippen LogP contribution in [0.25, 0.3) is 0 Å². The first-order chi connectivity index (χ1) is 8.56. The minimum Gasteiger partial charge on any atom is -0.309 e. The van der Waals surface area contributed by atoms with Gasteiger partial charge in [0.05, 0.1) is 6.54 Å². The molecule has 1 saturated heterocycles. The van der Waals surface area contributed by atoms with Crippen molar-refractivity contribution >= 4 is 0 Å². The monoisotopic (exact) mass is 250 g/mol. The van der Waals surface area contributed by atoms with E-state index in [0.717, 1.165) is 6.54 Å². The zero-order valence-corrected chi connectivity index (χ0v) is 12.0. The highest BCUT2D eigenvalue weighted by Crippen LogP contribution is 2.21. The molecule has 102 valence electrons. The Bertz CT molecular complexity index is 349.